The first-order valence-corrected chi connectivity index (χ1v) is 11.3. The van der Waals surface area contributed by atoms with Crippen molar-refractivity contribution in [1.82, 2.24) is 15.4 Å². The summed E-state index contributed by atoms with van der Waals surface area (Å²) in [6, 6.07) is 15.7. The van der Waals surface area contributed by atoms with E-state index >= 15 is 0 Å². The molecule has 1 aliphatic rings. The van der Waals surface area contributed by atoms with Crippen LogP contribution in [0.15, 0.2) is 76.2 Å². The Kier molecular flexibility index (Phi) is 6.41. The third-order valence-corrected chi connectivity index (χ3v) is 6.30. The number of allylic oxidation sites excluding steroid dienone is 1. The second-order valence-corrected chi connectivity index (χ2v) is 8.19. The van der Waals surface area contributed by atoms with Gasteiger partial charge in [0.15, 0.2) is 11.5 Å². The molecule has 0 saturated carbocycles. The minimum atomic E-state index is -0.756. The Hall–Kier alpha value is -3.39. The third kappa shape index (κ3) is 4.31. The number of halogens is 1. The molecule has 32 heavy (non-hydrogen) atoms. The molecular formula is C24H22FN3O3S. The van der Waals surface area contributed by atoms with Crippen LogP contribution in [0.5, 0.6) is 0 Å². The number of benzene rings is 2. The molecular weight excluding hydrogens is 429 g/mol. The SMILES string of the molecule is C/C=C(\SC)C1C(=O)NC(c2ccccc2)CN1C(=O)c1cc(-c2ccc(F)cc2)on1. The molecule has 4 rings (SSSR count). The molecule has 164 valence electrons. The minimum Gasteiger partial charge on any atom is -0.355 e. The summed E-state index contributed by atoms with van der Waals surface area (Å²) in [5.41, 5.74) is 1.61. The first-order valence-electron chi connectivity index (χ1n) is 10.1. The van der Waals surface area contributed by atoms with Gasteiger partial charge in [0.05, 0.1) is 6.04 Å². The molecule has 1 saturated heterocycles. The smallest absolute Gasteiger partial charge is 0.277 e. The van der Waals surface area contributed by atoms with E-state index in [1.807, 2.05) is 49.6 Å². The van der Waals surface area contributed by atoms with Crippen molar-refractivity contribution in [2.24, 2.45) is 0 Å². The van der Waals surface area contributed by atoms with E-state index in [0.29, 0.717) is 11.3 Å². The normalized spacial score (nSPS) is 19.0. The number of nitrogens with one attached hydrogen (secondary N) is 1. The monoisotopic (exact) mass is 451 g/mol. The molecule has 2 amide bonds. The zero-order chi connectivity index (χ0) is 22.7. The van der Waals surface area contributed by atoms with Gasteiger partial charge in [-0.1, -0.05) is 41.6 Å². The fourth-order valence-corrected chi connectivity index (χ4v) is 4.45. The highest BCUT2D eigenvalue weighted by Gasteiger charge is 2.40. The number of hydrogen-bond donors (Lipinski definition) is 1. The van der Waals surface area contributed by atoms with Gasteiger partial charge in [-0.2, -0.15) is 0 Å². The van der Waals surface area contributed by atoms with Crippen molar-refractivity contribution in [1.29, 1.82) is 0 Å². The number of hydrogen-bond acceptors (Lipinski definition) is 5. The lowest BCUT2D eigenvalue weighted by Crippen LogP contribution is -2.58. The Bertz CT molecular complexity index is 1140. The Morgan fingerprint density at radius 2 is 1.94 bits per heavy atom. The van der Waals surface area contributed by atoms with Crippen LogP contribution in [0.1, 0.15) is 29.0 Å². The predicted octanol–water partition coefficient (Wildman–Crippen LogP) is 4.43. The van der Waals surface area contributed by atoms with E-state index in [1.165, 1.54) is 34.9 Å². The van der Waals surface area contributed by atoms with Crippen molar-refractivity contribution < 1.29 is 18.5 Å². The molecule has 1 N–H and O–H groups in total. The van der Waals surface area contributed by atoms with Gasteiger partial charge >= 0.3 is 0 Å². The highest BCUT2D eigenvalue weighted by atomic mass is 32.2. The lowest BCUT2D eigenvalue weighted by Gasteiger charge is -2.39. The average Bonchev–Trinajstić information content (AvgIpc) is 3.31. The van der Waals surface area contributed by atoms with Crippen molar-refractivity contribution in [3.63, 3.8) is 0 Å². The second kappa shape index (κ2) is 9.40. The van der Waals surface area contributed by atoms with Crippen molar-refractivity contribution in [2.45, 2.75) is 19.0 Å². The molecule has 8 heteroatoms. The van der Waals surface area contributed by atoms with Crippen molar-refractivity contribution in [2.75, 3.05) is 12.8 Å². The van der Waals surface area contributed by atoms with Crippen LogP contribution in [0.2, 0.25) is 0 Å². The van der Waals surface area contributed by atoms with Gasteiger partial charge in [-0.3, -0.25) is 9.59 Å². The molecule has 3 aromatic rings. The fourth-order valence-electron chi connectivity index (χ4n) is 3.76. The van der Waals surface area contributed by atoms with Crippen molar-refractivity contribution in [3.05, 3.63) is 88.7 Å². The van der Waals surface area contributed by atoms with E-state index < -0.39 is 11.9 Å². The second-order valence-electron chi connectivity index (χ2n) is 7.31. The standard InChI is InChI=1S/C24H22FN3O3S/c1-3-21(32-2)22-23(29)26-19(15-7-5-4-6-8-15)14-28(22)24(30)18-13-20(31-27-18)16-9-11-17(25)12-10-16/h3-13,19,22H,14H2,1-2H3,(H,26,29)/b21-3-. The largest absolute Gasteiger partial charge is 0.355 e. The maximum atomic E-state index is 13.5. The van der Waals surface area contributed by atoms with Gasteiger partial charge in [-0.15, -0.1) is 11.8 Å². The summed E-state index contributed by atoms with van der Waals surface area (Å²) in [6.07, 6.45) is 3.71. The number of amides is 2. The first-order chi connectivity index (χ1) is 15.5. The van der Waals surface area contributed by atoms with Crippen LogP contribution in [0.3, 0.4) is 0 Å². The summed E-state index contributed by atoms with van der Waals surface area (Å²) < 4.78 is 18.6. The van der Waals surface area contributed by atoms with Crippen molar-refractivity contribution >= 4 is 23.6 Å². The summed E-state index contributed by atoms with van der Waals surface area (Å²) in [7, 11) is 0. The summed E-state index contributed by atoms with van der Waals surface area (Å²) in [6.45, 7) is 2.13. The number of piperazine rings is 1. The van der Waals surface area contributed by atoms with Gasteiger partial charge in [0, 0.05) is 23.1 Å². The van der Waals surface area contributed by atoms with E-state index in [2.05, 4.69) is 10.5 Å². The summed E-state index contributed by atoms with van der Waals surface area (Å²) >= 11 is 1.42. The Balaban J connectivity index is 1.67. The lowest BCUT2D eigenvalue weighted by molar-refractivity contribution is -0.127. The van der Waals surface area contributed by atoms with Gasteiger partial charge in [0.2, 0.25) is 5.91 Å². The summed E-state index contributed by atoms with van der Waals surface area (Å²) in [5, 5.41) is 6.98. The molecule has 0 spiro atoms. The van der Waals surface area contributed by atoms with E-state index in [-0.39, 0.29) is 30.0 Å². The minimum absolute atomic E-state index is 0.0902. The van der Waals surface area contributed by atoms with E-state index in [4.69, 9.17) is 4.52 Å². The summed E-state index contributed by atoms with van der Waals surface area (Å²) in [5.74, 6) is -0.670. The van der Waals surface area contributed by atoms with E-state index in [1.54, 1.807) is 12.1 Å². The average molecular weight is 452 g/mol. The van der Waals surface area contributed by atoms with E-state index in [9.17, 15) is 14.0 Å². The number of carbonyl (C=O) groups is 2. The maximum Gasteiger partial charge on any atom is 0.277 e. The molecule has 2 aromatic carbocycles. The molecule has 6 nitrogen and oxygen atoms in total. The van der Waals surface area contributed by atoms with Crippen LogP contribution in [0, 0.1) is 5.82 Å². The molecule has 0 aliphatic carbocycles. The number of carbonyl (C=O) groups excluding carboxylic acids is 2. The van der Waals surface area contributed by atoms with Crippen LogP contribution < -0.4 is 5.32 Å². The number of rotatable bonds is 5. The molecule has 1 aromatic heterocycles. The van der Waals surface area contributed by atoms with Gasteiger partial charge < -0.3 is 14.7 Å². The Morgan fingerprint density at radius 1 is 1.22 bits per heavy atom. The lowest BCUT2D eigenvalue weighted by atomic mass is 10.00. The molecule has 2 heterocycles. The van der Waals surface area contributed by atoms with Gasteiger partial charge in [-0.25, -0.2) is 4.39 Å². The van der Waals surface area contributed by atoms with Crippen LogP contribution >= 0.6 is 11.8 Å². The maximum absolute atomic E-state index is 13.5. The van der Waals surface area contributed by atoms with Crippen LogP contribution in [0.25, 0.3) is 11.3 Å². The molecule has 2 unspecified atom stereocenters. The highest BCUT2D eigenvalue weighted by molar-refractivity contribution is 8.02. The number of nitrogens with zero attached hydrogens (tertiary/aromatic N) is 2. The first kappa shape index (κ1) is 21.8. The topological polar surface area (TPSA) is 75.4 Å². The predicted molar refractivity (Wildman–Crippen MR) is 121 cm³/mol. The van der Waals surface area contributed by atoms with Crippen LogP contribution in [0.4, 0.5) is 4.39 Å². The molecule has 0 bridgehead atoms. The van der Waals surface area contributed by atoms with Crippen LogP contribution in [-0.2, 0) is 4.79 Å². The van der Waals surface area contributed by atoms with Gasteiger partial charge in [0.1, 0.15) is 11.9 Å². The molecule has 1 fully saturated rings. The number of aromatic nitrogens is 1. The molecule has 1 aliphatic heterocycles. The highest BCUT2D eigenvalue weighted by Crippen LogP contribution is 2.30. The summed E-state index contributed by atoms with van der Waals surface area (Å²) in [4.78, 5) is 28.9. The zero-order valence-corrected chi connectivity index (χ0v) is 18.4. The zero-order valence-electron chi connectivity index (χ0n) is 17.6. The van der Waals surface area contributed by atoms with Crippen LogP contribution in [-0.4, -0.2) is 40.7 Å². The number of thioether (sulfide) groups is 1. The van der Waals surface area contributed by atoms with Gasteiger partial charge in [-0.05, 0) is 43.0 Å². The van der Waals surface area contributed by atoms with Gasteiger partial charge in [0.25, 0.3) is 5.91 Å². The Morgan fingerprint density at radius 3 is 2.59 bits per heavy atom. The fraction of sp³-hybridized carbons (Fsp3) is 0.208. The molecule has 0 radical (unpaired) electrons. The molecule has 2 atom stereocenters. The third-order valence-electron chi connectivity index (χ3n) is 5.37. The van der Waals surface area contributed by atoms with Crippen molar-refractivity contribution in [3.8, 4) is 11.3 Å². The Labute approximate surface area is 189 Å². The quantitative estimate of drug-likeness (QED) is 0.621. The van der Waals surface area contributed by atoms with E-state index in [0.717, 1.165) is 10.5 Å².